The third kappa shape index (κ3) is 3.12. The molecule has 8 atom stereocenters. The third-order valence-electron chi connectivity index (χ3n) is 9.24. The normalized spacial score (nSPS) is 51.4. The van der Waals surface area contributed by atoms with Crippen molar-refractivity contribution in [3.8, 4) is 0 Å². The Labute approximate surface area is 156 Å². The summed E-state index contributed by atoms with van der Waals surface area (Å²) in [5.41, 5.74) is 0.620. The van der Waals surface area contributed by atoms with E-state index in [1.54, 1.807) is 6.08 Å². The van der Waals surface area contributed by atoms with Crippen molar-refractivity contribution < 1.29 is 4.39 Å². The summed E-state index contributed by atoms with van der Waals surface area (Å²) >= 11 is 0. The van der Waals surface area contributed by atoms with E-state index >= 15 is 0 Å². The number of fused-ring (bicyclic) bond motifs is 5. The SMILES string of the molecule is C=CC.CC[C@H]1CC[C@]2(C)C3CC[C@]4(C)C(F)CCC4C3CC[C@H]2C1. The molecule has 0 N–H and O–H groups in total. The van der Waals surface area contributed by atoms with Gasteiger partial charge in [0, 0.05) is 5.41 Å². The molecule has 0 radical (unpaired) electrons. The van der Waals surface area contributed by atoms with E-state index in [4.69, 9.17) is 0 Å². The van der Waals surface area contributed by atoms with E-state index in [0.717, 1.165) is 30.1 Å². The highest BCUT2D eigenvalue weighted by atomic mass is 19.1. The van der Waals surface area contributed by atoms with Crippen molar-refractivity contribution in [3.63, 3.8) is 0 Å². The smallest absolute Gasteiger partial charge is 0.106 e. The molecule has 4 fully saturated rings. The average Bonchev–Trinajstić information content (AvgIpc) is 2.90. The molecule has 4 unspecified atom stereocenters. The molecular formula is C24H41F. The molecule has 0 spiro atoms. The van der Waals surface area contributed by atoms with Crippen LogP contribution in [-0.2, 0) is 0 Å². The number of hydrogen-bond donors (Lipinski definition) is 0. The molecule has 4 aliphatic carbocycles. The van der Waals surface area contributed by atoms with Gasteiger partial charge in [0.2, 0.25) is 0 Å². The Kier molecular flexibility index (Phi) is 5.72. The van der Waals surface area contributed by atoms with Crippen molar-refractivity contribution in [2.75, 3.05) is 0 Å². The van der Waals surface area contributed by atoms with Crippen LogP contribution in [0.15, 0.2) is 12.7 Å². The van der Waals surface area contributed by atoms with Crippen LogP contribution >= 0.6 is 0 Å². The summed E-state index contributed by atoms with van der Waals surface area (Å²) in [5.74, 6) is 4.42. The third-order valence-corrected chi connectivity index (χ3v) is 9.24. The van der Waals surface area contributed by atoms with Crippen LogP contribution in [-0.4, -0.2) is 6.17 Å². The molecule has 144 valence electrons. The van der Waals surface area contributed by atoms with Gasteiger partial charge in [0.25, 0.3) is 0 Å². The van der Waals surface area contributed by atoms with Gasteiger partial charge >= 0.3 is 0 Å². The number of allylic oxidation sites excluding steroid dienone is 1. The topological polar surface area (TPSA) is 0 Å². The second-order valence-electron chi connectivity index (χ2n) is 10.2. The second-order valence-corrected chi connectivity index (χ2v) is 10.2. The van der Waals surface area contributed by atoms with Crippen LogP contribution in [0.3, 0.4) is 0 Å². The minimum Gasteiger partial charge on any atom is -0.247 e. The number of alkyl halides is 1. The lowest BCUT2D eigenvalue weighted by Gasteiger charge is -2.60. The first-order valence-electron chi connectivity index (χ1n) is 11.1. The molecule has 0 aromatic rings. The maximum atomic E-state index is 14.5. The molecule has 1 heteroatoms. The molecule has 0 bridgehead atoms. The van der Waals surface area contributed by atoms with Crippen molar-refractivity contribution in [3.05, 3.63) is 12.7 Å². The van der Waals surface area contributed by atoms with Crippen molar-refractivity contribution >= 4 is 0 Å². The monoisotopic (exact) mass is 348 g/mol. The summed E-state index contributed by atoms with van der Waals surface area (Å²) in [4.78, 5) is 0. The van der Waals surface area contributed by atoms with Gasteiger partial charge < -0.3 is 0 Å². The first kappa shape index (κ1) is 19.4. The van der Waals surface area contributed by atoms with Gasteiger partial charge in [0.15, 0.2) is 0 Å². The van der Waals surface area contributed by atoms with E-state index in [2.05, 4.69) is 27.4 Å². The molecule has 0 saturated heterocycles. The van der Waals surface area contributed by atoms with Crippen LogP contribution < -0.4 is 0 Å². The summed E-state index contributed by atoms with van der Waals surface area (Å²) in [6.07, 6.45) is 14.4. The summed E-state index contributed by atoms with van der Waals surface area (Å²) in [6.45, 7) is 12.5. The van der Waals surface area contributed by atoms with E-state index in [1.165, 1.54) is 57.8 Å². The first-order chi connectivity index (χ1) is 11.9. The summed E-state index contributed by atoms with van der Waals surface area (Å²) in [5, 5.41) is 0. The van der Waals surface area contributed by atoms with Gasteiger partial charge in [-0.15, -0.1) is 6.58 Å². The van der Waals surface area contributed by atoms with Crippen LogP contribution in [0.1, 0.15) is 91.9 Å². The van der Waals surface area contributed by atoms with Crippen LogP contribution in [0.2, 0.25) is 0 Å². The zero-order chi connectivity index (χ0) is 18.2. The Bertz CT molecular complexity index is 471. The molecule has 0 nitrogen and oxygen atoms in total. The maximum absolute atomic E-state index is 14.5. The Morgan fingerprint density at radius 3 is 2.28 bits per heavy atom. The van der Waals surface area contributed by atoms with Crippen LogP contribution in [0.5, 0.6) is 0 Å². The summed E-state index contributed by atoms with van der Waals surface area (Å²) in [7, 11) is 0. The van der Waals surface area contributed by atoms with Gasteiger partial charge in [-0.05, 0) is 99.7 Å². The molecule has 0 amide bonds. The zero-order valence-electron chi connectivity index (χ0n) is 17.2. The fraction of sp³-hybridized carbons (Fsp3) is 0.917. The highest BCUT2D eigenvalue weighted by Crippen LogP contribution is 2.67. The number of halogens is 1. The molecule has 4 aliphatic rings. The lowest BCUT2D eigenvalue weighted by molar-refractivity contribution is -0.119. The molecule has 0 aromatic carbocycles. The maximum Gasteiger partial charge on any atom is 0.106 e. The highest BCUT2D eigenvalue weighted by molar-refractivity contribution is 5.09. The molecule has 0 heterocycles. The van der Waals surface area contributed by atoms with Gasteiger partial charge in [0.1, 0.15) is 6.17 Å². The van der Waals surface area contributed by atoms with Gasteiger partial charge in [-0.1, -0.05) is 33.3 Å². The molecule has 25 heavy (non-hydrogen) atoms. The first-order valence-corrected chi connectivity index (χ1v) is 11.1. The highest BCUT2D eigenvalue weighted by Gasteiger charge is 2.60. The second kappa shape index (κ2) is 7.35. The summed E-state index contributed by atoms with van der Waals surface area (Å²) in [6, 6.07) is 0. The lowest BCUT2D eigenvalue weighted by Crippen LogP contribution is -2.53. The average molecular weight is 349 g/mol. The molecular weight excluding hydrogens is 307 g/mol. The molecule has 0 aliphatic heterocycles. The lowest BCUT2D eigenvalue weighted by atomic mass is 9.44. The minimum atomic E-state index is -0.514. The van der Waals surface area contributed by atoms with Crippen molar-refractivity contribution in [2.24, 2.45) is 40.4 Å². The molecule has 4 rings (SSSR count). The van der Waals surface area contributed by atoms with E-state index in [-0.39, 0.29) is 5.41 Å². The summed E-state index contributed by atoms with van der Waals surface area (Å²) < 4.78 is 14.5. The van der Waals surface area contributed by atoms with Gasteiger partial charge in [-0.2, -0.15) is 0 Å². The Morgan fingerprint density at radius 1 is 0.960 bits per heavy atom. The van der Waals surface area contributed by atoms with E-state index in [0.29, 0.717) is 11.3 Å². The Morgan fingerprint density at radius 2 is 1.60 bits per heavy atom. The molecule has 0 aromatic heterocycles. The predicted octanol–water partition coefficient (Wildman–Crippen LogP) is 7.59. The van der Waals surface area contributed by atoms with Crippen molar-refractivity contribution in [2.45, 2.75) is 98.1 Å². The zero-order valence-corrected chi connectivity index (χ0v) is 17.2. The van der Waals surface area contributed by atoms with Gasteiger partial charge in [-0.25, -0.2) is 4.39 Å². The Balaban J connectivity index is 0.000000569. The number of hydrogen-bond acceptors (Lipinski definition) is 0. The fourth-order valence-electron chi connectivity index (χ4n) is 7.65. The minimum absolute atomic E-state index is 0.0327. The van der Waals surface area contributed by atoms with Gasteiger partial charge in [0.05, 0.1) is 0 Å². The quantitative estimate of drug-likeness (QED) is 0.428. The number of rotatable bonds is 1. The standard InChI is InChI=1S/C21H35F.C3H6/c1-4-14-9-11-20(2)15(13-14)5-6-16-17-7-8-19(22)21(17,3)12-10-18(16)20;1-3-2/h14-19H,4-13H2,1-3H3;3H,1H2,2H3/t14-,15-,16?,17?,18?,19?,20-,21-;/m0./s1. The predicted molar refractivity (Wildman–Crippen MR) is 106 cm³/mol. The van der Waals surface area contributed by atoms with E-state index in [1.807, 2.05) is 6.92 Å². The largest absolute Gasteiger partial charge is 0.247 e. The fourth-order valence-corrected chi connectivity index (χ4v) is 7.65. The van der Waals surface area contributed by atoms with Gasteiger partial charge in [-0.3, -0.25) is 0 Å². The van der Waals surface area contributed by atoms with E-state index in [9.17, 15) is 4.39 Å². The Hall–Kier alpha value is -0.330. The van der Waals surface area contributed by atoms with Crippen LogP contribution in [0.25, 0.3) is 0 Å². The van der Waals surface area contributed by atoms with Crippen molar-refractivity contribution in [1.82, 2.24) is 0 Å². The molecule has 4 saturated carbocycles. The van der Waals surface area contributed by atoms with Crippen molar-refractivity contribution in [1.29, 1.82) is 0 Å². The van der Waals surface area contributed by atoms with Crippen LogP contribution in [0, 0.1) is 40.4 Å². The van der Waals surface area contributed by atoms with Crippen LogP contribution in [0.4, 0.5) is 4.39 Å². The van der Waals surface area contributed by atoms with E-state index < -0.39 is 6.17 Å².